The molecule has 1 unspecified atom stereocenters. The van der Waals surface area contributed by atoms with Gasteiger partial charge in [0.25, 0.3) is 0 Å². The number of anilines is 1. The molecule has 0 radical (unpaired) electrons. The average Bonchev–Trinajstić information content (AvgIpc) is 3.24. The van der Waals surface area contributed by atoms with Gasteiger partial charge in [0.2, 0.25) is 0 Å². The molecule has 4 rings (SSSR count). The molecule has 32 heavy (non-hydrogen) atoms. The molecule has 2 aliphatic heterocycles. The van der Waals surface area contributed by atoms with Gasteiger partial charge in [0.1, 0.15) is 11.9 Å². The van der Waals surface area contributed by atoms with Gasteiger partial charge in [-0.3, -0.25) is 4.68 Å². The van der Waals surface area contributed by atoms with Crippen LogP contribution in [0.4, 0.5) is 10.1 Å². The first-order chi connectivity index (χ1) is 15.1. The standard InChI is InChI=1S/C22H31FN6O2.HI/c1-3-24-22(29-8-11-31-21(16-29)18-14-26-27(2)15-18)25-13-17-4-5-20(19(23)12-17)28-6-9-30-10-7-28;/h4-5,12,14-15,21H,3,6-11,13,16H2,1-2H3,(H,24,25);1H. The highest BCUT2D eigenvalue weighted by Crippen LogP contribution is 2.23. The van der Waals surface area contributed by atoms with E-state index in [1.807, 2.05) is 43.4 Å². The van der Waals surface area contributed by atoms with Gasteiger partial charge in [-0.25, -0.2) is 9.38 Å². The molecule has 1 aromatic carbocycles. The highest BCUT2D eigenvalue weighted by molar-refractivity contribution is 14.0. The quantitative estimate of drug-likeness (QED) is 0.346. The Morgan fingerprint density at radius 1 is 1.25 bits per heavy atom. The first kappa shape index (κ1) is 24.7. The van der Waals surface area contributed by atoms with Crippen molar-refractivity contribution in [3.05, 3.63) is 47.5 Å². The van der Waals surface area contributed by atoms with E-state index in [0.717, 1.165) is 30.2 Å². The number of aromatic nitrogens is 2. The van der Waals surface area contributed by atoms with Crippen LogP contribution in [0.5, 0.6) is 0 Å². The van der Waals surface area contributed by atoms with Crippen molar-refractivity contribution in [1.29, 1.82) is 0 Å². The number of aliphatic imine (C=N–C) groups is 1. The van der Waals surface area contributed by atoms with Crippen LogP contribution in [0.1, 0.15) is 24.2 Å². The lowest BCUT2D eigenvalue weighted by Gasteiger charge is -2.34. The number of morpholine rings is 2. The number of rotatable bonds is 5. The molecule has 10 heteroatoms. The molecule has 2 saturated heterocycles. The maximum absolute atomic E-state index is 14.7. The molecule has 2 aliphatic rings. The molecule has 0 bridgehead atoms. The van der Waals surface area contributed by atoms with E-state index in [1.165, 1.54) is 0 Å². The predicted octanol–water partition coefficient (Wildman–Crippen LogP) is 2.55. The summed E-state index contributed by atoms with van der Waals surface area (Å²) in [5.74, 6) is 0.611. The average molecular weight is 558 g/mol. The molecule has 0 saturated carbocycles. The van der Waals surface area contributed by atoms with E-state index in [-0.39, 0.29) is 35.9 Å². The van der Waals surface area contributed by atoms with Crippen molar-refractivity contribution in [2.24, 2.45) is 12.0 Å². The molecular weight excluding hydrogens is 526 g/mol. The van der Waals surface area contributed by atoms with Crippen molar-refractivity contribution >= 4 is 35.6 Å². The fraction of sp³-hybridized carbons (Fsp3) is 0.545. The van der Waals surface area contributed by atoms with Crippen molar-refractivity contribution in [3.8, 4) is 0 Å². The third-order valence-corrected chi connectivity index (χ3v) is 5.57. The van der Waals surface area contributed by atoms with Gasteiger partial charge in [-0.15, -0.1) is 24.0 Å². The maximum atomic E-state index is 14.7. The van der Waals surface area contributed by atoms with Gasteiger partial charge in [-0.1, -0.05) is 6.07 Å². The van der Waals surface area contributed by atoms with E-state index in [1.54, 1.807) is 10.7 Å². The molecule has 0 aliphatic carbocycles. The molecule has 8 nitrogen and oxygen atoms in total. The summed E-state index contributed by atoms with van der Waals surface area (Å²) >= 11 is 0. The van der Waals surface area contributed by atoms with Crippen LogP contribution in [0.3, 0.4) is 0 Å². The molecule has 3 heterocycles. The van der Waals surface area contributed by atoms with Gasteiger partial charge in [0.05, 0.1) is 44.8 Å². The minimum atomic E-state index is -0.206. The van der Waals surface area contributed by atoms with E-state index < -0.39 is 0 Å². The molecule has 0 spiro atoms. The molecule has 1 N–H and O–H groups in total. The normalized spacial score (nSPS) is 19.6. The molecule has 176 valence electrons. The zero-order valence-corrected chi connectivity index (χ0v) is 21.0. The molecule has 0 amide bonds. The Balaban J connectivity index is 0.00000289. The summed E-state index contributed by atoms with van der Waals surface area (Å²) in [4.78, 5) is 9.01. The van der Waals surface area contributed by atoms with Crippen LogP contribution in [-0.4, -0.2) is 73.2 Å². The minimum Gasteiger partial charge on any atom is -0.378 e. The lowest BCUT2D eigenvalue weighted by molar-refractivity contribution is -0.00805. The van der Waals surface area contributed by atoms with Crippen molar-refractivity contribution < 1.29 is 13.9 Å². The first-order valence-electron chi connectivity index (χ1n) is 10.9. The minimum absolute atomic E-state index is 0. The lowest BCUT2D eigenvalue weighted by atomic mass is 10.1. The van der Waals surface area contributed by atoms with Crippen molar-refractivity contribution in [2.75, 3.05) is 57.4 Å². The Kier molecular flexibility index (Phi) is 9.11. The topological polar surface area (TPSA) is 67.2 Å². The number of hydrogen-bond donors (Lipinski definition) is 1. The summed E-state index contributed by atoms with van der Waals surface area (Å²) in [5, 5.41) is 7.61. The van der Waals surface area contributed by atoms with E-state index in [2.05, 4.69) is 15.3 Å². The second-order valence-corrected chi connectivity index (χ2v) is 7.81. The molecule has 1 atom stereocenters. The number of benzene rings is 1. The Morgan fingerprint density at radius 3 is 2.75 bits per heavy atom. The van der Waals surface area contributed by atoms with Gasteiger partial charge in [-0.05, 0) is 24.6 Å². The monoisotopic (exact) mass is 558 g/mol. The van der Waals surface area contributed by atoms with Crippen molar-refractivity contribution in [1.82, 2.24) is 20.0 Å². The number of guanidine groups is 1. The fourth-order valence-electron chi connectivity index (χ4n) is 3.95. The highest BCUT2D eigenvalue weighted by atomic mass is 127. The molecule has 1 aromatic heterocycles. The van der Waals surface area contributed by atoms with Crippen LogP contribution in [-0.2, 0) is 23.1 Å². The number of hydrogen-bond acceptors (Lipinski definition) is 5. The molecule has 2 fully saturated rings. The van der Waals surface area contributed by atoms with Crippen molar-refractivity contribution in [2.45, 2.75) is 19.6 Å². The van der Waals surface area contributed by atoms with E-state index in [0.29, 0.717) is 51.7 Å². The van der Waals surface area contributed by atoms with Crippen LogP contribution in [0.15, 0.2) is 35.6 Å². The first-order valence-corrected chi connectivity index (χ1v) is 10.9. The third-order valence-electron chi connectivity index (χ3n) is 5.57. The predicted molar refractivity (Wildman–Crippen MR) is 133 cm³/mol. The summed E-state index contributed by atoms with van der Waals surface area (Å²) in [7, 11) is 1.90. The Bertz CT molecular complexity index is 902. The summed E-state index contributed by atoms with van der Waals surface area (Å²) in [5.41, 5.74) is 2.54. The number of nitrogens with one attached hydrogen (secondary N) is 1. The Hall–Kier alpha value is -1.92. The highest BCUT2D eigenvalue weighted by Gasteiger charge is 2.25. The summed E-state index contributed by atoms with van der Waals surface area (Å²) in [6.45, 7) is 8.00. The van der Waals surface area contributed by atoms with Gasteiger partial charge in [0.15, 0.2) is 5.96 Å². The van der Waals surface area contributed by atoms with Crippen LogP contribution >= 0.6 is 24.0 Å². The lowest BCUT2D eigenvalue weighted by Crippen LogP contribution is -2.48. The fourth-order valence-corrected chi connectivity index (χ4v) is 3.95. The second kappa shape index (κ2) is 11.8. The van der Waals surface area contributed by atoms with Crippen LogP contribution in [0, 0.1) is 5.82 Å². The smallest absolute Gasteiger partial charge is 0.194 e. The summed E-state index contributed by atoms with van der Waals surface area (Å²) in [6.07, 6.45) is 3.78. The Morgan fingerprint density at radius 2 is 2.06 bits per heavy atom. The van der Waals surface area contributed by atoms with E-state index in [9.17, 15) is 4.39 Å². The molecule has 2 aromatic rings. The van der Waals surface area contributed by atoms with Crippen LogP contribution in [0.25, 0.3) is 0 Å². The SMILES string of the molecule is CCNC(=NCc1ccc(N2CCOCC2)c(F)c1)N1CCOC(c2cnn(C)c2)C1.I. The second-order valence-electron chi connectivity index (χ2n) is 7.81. The van der Waals surface area contributed by atoms with Crippen molar-refractivity contribution in [3.63, 3.8) is 0 Å². The van der Waals surface area contributed by atoms with Crippen LogP contribution in [0.2, 0.25) is 0 Å². The number of nitrogens with zero attached hydrogens (tertiary/aromatic N) is 5. The number of ether oxygens (including phenoxy) is 2. The largest absolute Gasteiger partial charge is 0.378 e. The Labute approximate surface area is 205 Å². The summed E-state index contributed by atoms with van der Waals surface area (Å²) in [6, 6.07) is 5.40. The maximum Gasteiger partial charge on any atom is 0.194 e. The number of halogens is 2. The van der Waals surface area contributed by atoms with Gasteiger partial charge >= 0.3 is 0 Å². The molecular formula is C22H32FIN6O2. The van der Waals surface area contributed by atoms with Gasteiger partial charge in [0, 0.05) is 45.0 Å². The zero-order valence-electron chi connectivity index (χ0n) is 18.7. The van der Waals surface area contributed by atoms with Gasteiger partial charge < -0.3 is 24.6 Å². The summed E-state index contributed by atoms with van der Waals surface area (Å²) < 4.78 is 27.8. The number of aryl methyl sites for hydroxylation is 1. The van der Waals surface area contributed by atoms with E-state index in [4.69, 9.17) is 14.5 Å². The zero-order chi connectivity index (χ0) is 21.6. The van der Waals surface area contributed by atoms with E-state index >= 15 is 0 Å². The van der Waals surface area contributed by atoms with Gasteiger partial charge in [-0.2, -0.15) is 5.10 Å². The van der Waals surface area contributed by atoms with Crippen LogP contribution < -0.4 is 10.2 Å². The third kappa shape index (κ3) is 6.10.